The average Bonchev–Trinajstić information content (AvgIpc) is 3.27. The fourth-order valence-corrected chi connectivity index (χ4v) is 3.60. The van der Waals surface area contributed by atoms with Gasteiger partial charge in [0.05, 0.1) is 0 Å². The number of fused-ring (bicyclic) bond motifs is 1. The van der Waals surface area contributed by atoms with E-state index in [1.807, 2.05) is 24.3 Å². The molecule has 2 aliphatic rings. The Balaban J connectivity index is 1.27. The van der Waals surface area contributed by atoms with Gasteiger partial charge in [0, 0.05) is 30.5 Å². The number of carbonyl (C=O) groups excluding carboxylic acids is 2. The number of hydrogen-bond donors (Lipinski definition) is 1. The highest BCUT2D eigenvalue weighted by Crippen LogP contribution is 2.32. The summed E-state index contributed by atoms with van der Waals surface area (Å²) in [6.45, 7) is 3.87. The van der Waals surface area contributed by atoms with Gasteiger partial charge in [-0.05, 0) is 74.2 Å². The third-order valence-electron chi connectivity index (χ3n) is 5.33. The third-order valence-corrected chi connectivity index (χ3v) is 5.33. The summed E-state index contributed by atoms with van der Waals surface area (Å²) in [6.07, 6.45) is 5.68. The molecule has 7 nitrogen and oxygen atoms in total. The number of rotatable bonds is 6. The van der Waals surface area contributed by atoms with Crippen molar-refractivity contribution in [2.45, 2.75) is 32.3 Å². The highest BCUT2D eigenvalue weighted by molar-refractivity contribution is 5.96. The first-order valence-corrected chi connectivity index (χ1v) is 10.5. The minimum atomic E-state index is -0.921. The van der Waals surface area contributed by atoms with E-state index in [2.05, 4.69) is 10.2 Å². The Bertz CT molecular complexity index is 964. The van der Waals surface area contributed by atoms with E-state index in [-0.39, 0.29) is 12.7 Å². The first-order chi connectivity index (χ1) is 15.1. The maximum absolute atomic E-state index is 12.4. The second kappa shape index (κ2) is 9.55. The zero-order valence-corrected chi connectivity index (χ0v) is 17.5. The van der Waals surface area contributed by atoms with Crippen molar-refractivity contribution in [2.24, 2.45) is 0 Å². The van der Waals surface area contributed by atoms with Crippen LogP contribution in [0.15, 0.2) is 48.5 Å². The standard InChI is InChI=1S/C24H26N2O5/c1-17(31-23(27)12-6-18-5-11-21-22(15-18)30-16-29-21)24(28)25-19-7-9-20(10-8-19)26-13-3-2-4-14-26/h5-12,15,17H,2-4,13-14,16H2,1H3,(H,25,28)/b12-6+/t17-/m1/s1. The summed E-state index contributed by atoms with van der Waals surface area (Å²) in [5, 5.41) is 2.79. The van der Waals surface area contributed by atoms with E-state index >= 15 is 0 Å². The summed E-state index contributed by atoms with van der Waals surface area (Å²) < 4.78 is 15.8. The van der Waals surface area contributed by atoms with Gasteiger partial charge in [0.2, 0.25) is 6.79 Å². The highest BCUT2D eigenvalue weighted by atomic mass is 16.7. The Morgan fingerprint density at radius 2 is 1.77 bits per heavy atom. The summed E-state index contributed by atoms with van der Waals surface area (Å²) in [5.74, 6) is 0.333. The number of nitrogens with zero attached hydrogens (tertiary/aromatic N) is 1. The van der Waals surface area contributed by atoms with E-state index in [9.17, 15) is 9.59 Å². The van der Waals surface area contributed by atoms with Crippen LogP contribution < -0.4 is 19.7 Å². The molecule has 0 unspecified atom stereocenters. The molecule has 162 valence electrons. The van der Waals surface area contributed by atoms with E-state index < -0.39 is 12.1 Å². The molecule has 1 atom stereocenters. The van der Waals surface area contributed by atoms with Crippen LogP contribution in [0.1, 0.15) is 31.7 Å². The highest BCUT2D eigenvalue weighted by Gasteiger charge is 2.18. The number of carbonyl (C=O) groups is 2. The van der Waals surface area contributed by atoms with Crippen LogP contribution in [0.25, 0.3) is 6.08 Å². The minimum Gasteiger partial charge on any atom is -0.454 e. The largest absolute Gasteiger partial charge is 0.454 e. The third kappa shape index (κ3) is 5.36. The van der Waals surface area contributed by atoms with Gasteiger partial charge in [0.1, 0.15) is 0 Å². The van der Waals surface area contributed by atoms with Crippen LogP contribution in [-0.4, -0.2) is 37.9 Å². The number of piperidine rings is 1. The quantitative estimate of drug-likeness (QED) is 0.560. The van der Waals surface area contributed by atoms with Gasteiger partial charge in [0.25, 0.3) is 5.91 Å². The number of anilines is 2. The number of ether oxygens (including phenoxy) is 3. The molecule has 1 saturated heterocycles. The van der Waals surface area contributed by atoms with E-state index in [1.165, 1.54) is 25.3 Å². The predicted molar refractivity (Wildman–Crippen MR) is 118 cm³/mol. The number of amides is 1. The van der Waals surface area contributed by atoms with Crippen LogP contribution in [0.5, 0.6) is 11.5 Å². The van der Waals surface area contributed by atoms with Crippen molar-refractivity contribution in [1.29, 1.82) is 0 Å². The monoisotopic (exact) mass is 422 g/mol. The van der Waals surface area contributed by atoms with Crippen LogP contribution >= 0.6 is 0 Å². The Hall–Kier alpha value is -3.48. The van der Waals surface area contributed by atoms with Crippen LogP contribution in [0.3, 0.4) is 0 Å². The SMILES string of the molecule is C[C@@H](OC(=O)/C=C/c1ccc2c(c1)OCO2)C(=O)Nc1ccc(N2CCCCC2)cc1. The van der Waals surface area contributed by atoms with Crippen molar-refractivity contribution in [1.82, 2.24) is 0 Å². The molecule has 0 radical (unpaired) electrons. The molecule has 0 saturated carbocycles. The van der Waals surface area contributed by atoms with Crippen LogP contribution in [-0.2, 0) is 14.3 Å². The molecule has 2 aliphatic heterocycles. The summed E-state index contributed by atoms with van der Waals surface area (Å²) >= 11 is 0. The van der Waals surface area contributed by atoms with Crippen molar-refractivity contribution < 1.29 is 23.8 Å². The van der Waals surface area contributed by atoms with Gasteiger partial charge in [0.15, 0.2) is 17.6 Å². The number of esters is 1. The maximum Gasteiger partial charge on any atom is 0.331 e. The van der Waals surface area contributed by atoms with Crippen molar-refractivity contribution in [3.63, 3.8) is 0 Å². The lowest BCUT2D eigenvalue weighted by Gasteiger charge is -2.28. The molecule has 0 aliphatic carbocycles. The zero-order chi connectivity index (χ0) is 21.6. The van der Waals surface area contributed by atoms with Crippen molar-refractivity contribution in [3.8, 4) is 11.5 Å². The summed E-state index contributed by atoms with van der Waals surface area (Å²) in [5.41, 5.74) is 2.60. The van der Waals surface area contributed by atoms with Crippen molar-refractivity contribution in [3.05, 3.63) is 54.1 Å². The van der Waals surface area contributed by atoms with Crippen molar-refractivity contribution >= 4 is 29.3 Å². The predicted octanol–water partition coefficient (Wildman–Crippen LogP) is 3.99. The first-order valence-electron chi connectivity index (χ1n) is 10.5. The Morgan fingerprint density at radius 3 is 2.55 bits per heavy atom. The zero-order valence-electron chi connectivity index (χ0n) is 17.5. The van der Waals surface area contributed by atoms with Crippen LogP contribution in [0, 0.1) is 0 Å². The normalized spacial score (nSPS) is 16.2. The van der Waals surface area contributed by atoms with Crippen molar-refractivity contribution in [2.75, 3.05) is 30.1 Å². The second-order valence-corrected chi connectivity index (χ2v) is 7.61. The van der Waals surface area contributed by atoms with Gasteiger partial charge in [-0.15, -0.1) is 0 Å². The minimum absolute atomic E-state index is 0.193. The lowest BCUT2D eigenvalue weighted by atomic mass is 10.1. The lowest BCUT2D eigenvalue weighted by Crippen LogP contribution is -2.30. The molecule has 0 aromatic heterocycles. The smallest absolute Gasteiger partial charge is 0.331 e. The molecule has 1 fully saturated rings. The number of benzene rings is 2. The molecule has 7 heteroatoms. The van der Waals surface area contributed by atoms with Crippen LogP contribution in [0.4, 0.5) is 11.4 Å². The summed E-state index contributed by atoms with van der Waals surface area (Å²) in [6, 6.07) is 13.1. The fourth-order valence-electron chi connectivity index (χ4n) is 3.60. The number of nitrogens with one attached hydrogen (secondary N) is 1. The molecule has 1 N–H and O–H groups in total. The van der Waals surface area contributed by atoms with Crippen LogP contribution in [0.2, 0.25) is 0 Å². The molecule has 2 heterocycles. The average molecular weight is 422 g/mol. The summed E-state index contributed by atoms with van der Waals surface area (Å²) in [7, 11) is 0. The molecular formula is C24H26N2O5. The van der Waals surface area contributed by atoms with E-state index in [4.69, 9.17) is 14.2 Å². The van der Waals surface area contributed by atoms with E-state index in [0.29, 0.717) is 17.2 Å². The fraction of sp³-hybridized carbons (Fsp3) is 0.333. The summed E-state index contributed by atoms with van der Waals surface area (Å²) in [4.78, 5) is 26.8. The number of hydrogen-bond acceptors (Lipinski definition) is 6. The molecule has 2 aromatic carbocycles. The molecule has 0 spiro atoms. The first kappa shape index (κ1) is 20.8. The maximum atomic E-state index is 12.4. The Morgan fingerprint density at radius 1 is 1.03 bits per heavy atom. The molecule has 1 amide bonds. The molecule has 2 aromatic rings. The van der Waals surface area contributed by atoms with E-state index in [0.717, 1.165) is 24.3 Å². The molecule has 31 heavy (non-hydrogen) atoms. The van der Waals surface area contributed by atoms with Gasteiger partial charge >= 0.3 is 5.97 Å². The second-order valence-electron chi connectivity index (χ2n) is 7.61. The topological polar surface area (TPSA) is 77.1 Å². The Labute approximate surface area is 181 Å². The van der Waals surface area contributed by atoms with Gasteiger partial charge in [-0.25, -0.2) is 4.79 Å². The molecular weight excluding hydrogens is 396 g/mol. The Kier molecular flexibility index (Phi) is 6.40. The molecule has 0 bridgehead atoms. The van der Waals surface area contributed by atoms with Gasteiger partial charge in [-0.2, -0.15) is 0 Å². The lowest BCUT2D eigenvalue weighted by molar-refractivity contribution is -0.148. The van der Waals surface area contributed by atoms with Gasteiger partial charge < -0.3 is 24.4 Å². The van der Waals surface area contributed by atoms with Gasteiger partial charge in [-0.3, -0.25) is 4.79 Å². The van der Waals surface area contributed by atoms with E-state index in [1.54, 1.807) is 31.2 Å². The van der Waals surface area contributed by atoms with Gasteiger partial charge in [-0.1, -0.05) is 6.07 Å². The molecule has 4 rings (SSSR count).